The Bertz CT molecular complexity index is 803. The number of hydrogen-bond donors (Lipinski definition) is 0. The van der Waals surface area contributed by atoms with Crippen molar-refractivity contribution < 1.29 is 9.53 Å². The second kappa shape index (κ2) is 8.63. The molecule has 148 valence electrons. The van der Waals surface area contributed by atoms with E-state index in [2.05, 4.69) is 17.9 Å². The van der Waals surface area contributed by atoms with Crippen molar-refractivity contribution in [2.45, 2.75) is 51.7 Å². The van der Waals surface area contributed by atoms with Crippen LogP contribution in [0.1, 0.15) is 54.8 Å². The molecule has 4 rings (SSSR count). The second-order valence-corrected chi connectivity index (χ2v) is 7.85. The van der Waals surface area contributed by atoms with Gasteiger partial charge in [-0.1, -0.05) is 30.3 Å². The summed E-state index contributed by atoms with van der Waals surface area (Å²) in [6.07, 6.45) is 7.34. The van der Waals surface area contributed by atoms with Crippen molar-refractivity contribution in [1.82, 2.24) is 9.88 Å². The fourth-order valence-electron chi connectivity index (χ4n) is 4.33. The maximum atomic E-state index is 12.8. The highest BCUT2D eigenvalue weighted by atomic mass is 16.6. The van der Waals surface area contributed by atoms with Crippen LogP contribution in [0.25, 0.3) is 0 Å². The average molecular weight is 380 g/mol. The molecular formula is C23H29N3O2. The molecule has 0 aliphatic carbocycles. The Labute approximate surface area is 167 Å². The molecule has 5 heteroatoms. The van der Waals surface area contributed by atoms with E-state index in [0.29, 0.717) is 6.61 Å². The van der Waals surface area contributed by atoms with Crippen LogP contribution in [0.4, 0.5) is 10.6 Å². The summed E-state index contributed by atoms with van der Waals surface area (Å²) in [7, 11) is 0. The Morgan fingerprint density at radius 1 is 1.11 bits per heavy atom. The number of benzene rings is 1. The maximum absolute atomic E-state index is 12.8. The van der Waals surface area contributed by atoms with E-state index < -0.39 is 0 Å². The van der Waals surface area contributed by atoms with Gasteiger partial charge in [0.25, 0.3) is 0 Å². The summed E-state index contributed by atoms with van der Waals surface area (Å²) in [5.41, 5.74) is 3.33. The van der Waals surface area contributed by atoms with Gasteiger partial charge in [0.05, 0.1) is 6.04 Å². The first kappa shape index (κ1) is 18.8. The minimum absolute atomic E-state index is 0.0517. The summed E-state index contributed by atoms with van der Waals surface area (Å²) in [5, 5.41) is 0. The molecule has 2 aliphatic rings. The van der Waals surface area contributed by atoms with E-state index in [1.807, 2.05) is 41.4 Å². The number of nitrogens with zero attached hydrogens (tertiary/aromatic N) is 3. The highest BCUT2D eigenvalue weighted by Gasteiger charge is 2.30. The smallest absolute Gasteiger partial charge is 0.410 e. The summed E-state index contributed by atoms with van der Waals surface area (Å²) in [6.45, 7) is 5.37. The summed E-state index contributed by atoms with van der Waals surface area (Å²) >= 11 is 0. The number of ether oxygens (including phenoxy) is 1. The maximum Gasteiger partial charge on any atom is 0.410 e. The number of rotatable bonds is 4. The molecule has 1 aromatic heterocycles. The van der Waals surface area contributed by atoms with E-state index in [1.54, 1.807) is 0 Å². The van der Waals surface area contributed by atoms with Crippen molar-refractivity contribution in [3.05, 3.63) is 59.3 Å². The molecule has 0 bridgehead atoms. The van der Waals surface area contributed by atoms with E-state index in [1.165, 1.54) is 18.4 Å². The first-order chi connectivity index (χ1) is 13.7. The van der Waals surface area contributed by atoms with Crippen LogP contribution in [-0.4, -0.2) is 35.6 Å². The van der Waals surface area contributed by atoms with E-state index in [-0.39, 0.29) is 12.1 Å². The number of aromatic nitrogens is 1. The third-order valence-electron chi connectivity index (χ3n) is 5.80. The molecule has 1 atom stereocenters. The van der Waals surface area contributed by atoms with E-state index in [9.17, 15) is 4.79 Å². The molecule has 1 aromatic carbocycles. The molecule has 0 N–H and O–H groups in total. The zero-order chi connectivity index (χ0) is 19.3. The molecule has 0 spiro atoms. The lowest BCUT2D eigenvalue weighted by atomic mass is 9.96. The molecule has 1 amide bonds. The molecule has 5 nitrogen and oxygen atoms in total. The van der Waals surface area contributed by atoms with E-state index >= 15 is 0 Å². The monoisotopic (exact) mass is 379 g/mol. The largest absolute Gasteiger partial charge is 0.445 e. The Balaban J connectivity index is 1.47. The van der Waals surface area contributed by atoms with Crippen LogP contribution in [0.3, 0.4) is 0 Å². The number of hydrogen-bond acceptors (Lipinski definition) is 4. The van der Waals surface area contributed by atoms with E-state index in [4.69, 9.17) is 9.72 Å². The third-order valence-corrected chi connectivity index (χ3v) is 5.80. The highest BCUT2D eigenvalue weighted by Crippen LogP contribution is 2.33. The van der Waals surface area contributed by atoms with Gasteiger partial charge in [-0.15, -0.1) is 0 Å². The van der Waals surface area contributed by atoms with Crippen molar-refractivity contribution in [1.29, 1.82) is 0 Å². The van der Waals surface area contributed by atoms with Gasteiger partial charge in [-0.05, 0) is 61.8 Å². The quantitative estimate of drug-likeness (QED) is 0.761. The fraction of sp³-hybridized carbons (Fsp3) is 0.478. The lowest BCUT2D eigenvalue weighted by Gasteiger charge is -2.35. The number of anilines is 1. The van der Waals surface area contributed by atoms with Gasteiger partial charge in [-0.2, -0.15) is 0 Å². The van der Waals surface area contributed by atoms with Crippen LogP contribution in [0.2, 0.25) is 0 Å². The standard InChI is InChI=1S/C23H29N3O2/c1-18-15-20(16-24-22(18)25-12-7-8-13-25)21-11-5-6-14-26(21)23(27)28-17-19-9-3-2-4-10-19/h2-4,9-10,15-16,21H,5-8,11-14,17H2,1H3. The molecule has 2 fully saturated rings. The van der Waals surface area contributed by atoms with Crippen LogP contribution in [0.5, 0.6) is 0 Å². The van der Waals surface area contributed by atoms with Crippen LogP contribution >= 0.6 is 0 Å². The third kappa shape index (κ3) is 4.13. The zero-order valence-corrected chi connectivity index (χ0v) is 16.6. The number of piperidine rings is 1. The van der Waals surface area contributed by atoms with Crippen molar-refractivity contribution in [3.8, 4) is 0 Å². The minimum Gasteiger partial charge on any atom is -0.445 e. The summed E-state index contributed by atoms with van der Waals surface area (Å²) in [5.74, 6) is 1.09. The lowest BCUT2D eigenvalue weighted by Crippen LogP contribution is -2.39. The van der Waals surface area contributed by atoms with Crippen LogP contribution < -0.4 is 4.90 Å². The van der Waals surface area contributed by atoms with E-state index in [0.717, 1.165) is 55.8 Å². The molecular weight excluding hydrogens is 350 g/mol. The lowest BCUT2D eigenvalue weighted by molar-refractivity contribution is 0.0678. The van der Waals surface area contributed by atoms with Crippen molar-refractivity contribution >= 4 is 11.9 Å². The number of aryl methyl sites for hydroxylation is 1. The number of amides is 1. The molecule has 28 heavy (non-hydrogen) atoms. The van der Waals surface area contributed by atoms with Crippen LogP contribution in [0, 0.1) is 6.92 Å². The van der Waals surface area contributed by atoms with Gasteiger partial charge in [0.2, 0.25) is 0 Å². The van der Waals surface area contributed by atoms with Gasteiger partial charge in [-0.25, -0.2) is 9.78 Å². The Morgan fingerprint density at radius 2 is 1.86 bits per heavy atom. The van der Waals surface area contributed by atoms with Gasteiger partial charge in [0, 0.05) is 25.8 Å². The van der Waals surface area contributed by atoms with Gasteiger partial charge >= 0.3 is 6.09 Å². The SMILES string of the molecule is Cc1cc(C2CCCCN2C(=O)OCc2ccccc2)cnc1N1CCCC1. The molecule has 3 heterocycles. The number of pyridine rings is 1. The van der Waals surface area contributed by atoms with Crippen LogP contribution in [0.15, 0.2) is 42.6 Å². The minimum atomic E-state index is -0.227. The first-order valence-corrected chi connectivity index (χ1v) is 10.4. The molecule has 0 saturated carbocycles. The Kier molecular flexibility index (Phi) is 5.79. The summed E-state index contributed by atoms with van der Waals surface area (Å²) in [6, 6.07) is 12.1. The van der Waals surface area contributed by atoms with Crippen molar-refractivity contribution in [3.63, 3.8) is 0 Å². The van der Waals surface area contributed by atoms with Gasteiger partial charge in [-0.3, -0.25) is 0 Å². The summed E-state index contributed by atoms with van der Waals surface area (Å²) < 4.78 is 5.61. The molecule has 2 aliphatic heterocycles. The number of likely N-dealkylation sites (tertiary alicyclic amines) is 1. The normalized spacial score (nSPS) is 19.7. The summed E-state index contributed by atoms with van der Waals surface area (Å²) in [4.78, 5) is 21.8. The second-order valence-electron chi connectivity index (χ2n) is 7.85. The zero-order valence-electron chi connectivity index (χ0n) is 16.6. The van der Waals surface area contributed by atoms with Gasteiger partial charge in [0.15, 0.2) is 0 Å². The Hall–Kier alpha value is -2.56. The van der Waals surface area contributed by atoms with Gasteiger partial charge in [0.1, 0.15) is 12.4 Å². The van der Waals surface area contributed by atoms with Crippen LogP contribution in [-0.2, 0) is 11.3 Å². The Morgan fingerprint density at radius 3 is 2.61 bits per heavy atom. The predicted molar refractivity (Wildman–Crippen MR) is 110 cm³/mol. The fourth-order valence-corrected chi connectivity index (χ4v) is 4.33. The molecule has 2 saturated heterocycles. The number of carbonyl (C=O) groups excluding carboxylic acids is 1. The average Bonchev–Trinajstić information content (AvgIpc) is 3.27. The number of carbonyl (C=O) groups is 1. The predicted octanol–water partition coefficient (Wildman–Crippen LogP) is 4.85. The van der Waals surface area contributed by atoms with Crippen molar-refractivity contribution in [2.75, 3.05) is 24.5 Å². The first-order valence-electron chi connectivity index (χ1n) is 10.4. The molecule has 1 unspecified atom stereocenters. The molecule has 2 aromatic rings. The topological polar surface area (TPSA) is 45.7 Å². The van der Waals surface area contributed by atoms with Crippen molar-refractivity contribution in [2.24, 2.45) is 0 Å². The molecule has 0 radical (unpaired) electrons. The van der Waals surface area contributed by atoms with Gasteiger partial charge < -0.3 is 14.5 Å². The highest BCUT2D eigenvalue weighted by molar-refractivity contribution is 5.68.